The highest BCUT2D eigenvalue weighted by molar-refractivity contribution is 5.92. The van der Waals surface area contributed by atoms with Crippen molar-refractivity contribution in [3.05, 3.63) is 83.6 Å². The molecule has 1 aromatic carbocycles. The number of amides is 1. The number of rotatable bonds is 9. The molecule has 36 heavy (non-hydrogen) atoms. The molecule has 1 amide bonds. The van der Waals surface area contributed by atoms with Crippen LogP contribution in [0.1, 0.15) is 46.8 Å². The minimum absolute atomic E-state index is 0.0199. The summed E-state index contributed by atoms with van der Waals surface area (Å²) in [5.74, 6) is -0.136. The molecule has 9 nitrogen and oxygen atoms in total. The van der Waals surface area contributed by atoms with Crippen LogP contribution in [0.3, 0.4) is 0 Å². The first kappa shape index (κ1) is 25.2. The second kappa shape index (κ2) is 11.2. The molecule has 2 N–H and O–H groups in total. The number of pyridine rings is 1. The Labute approximate surface area is 205 Å². The molecule has 2 unspecified atom stereocenters. The fourth-order valence-electron chi connectivity index (χ4n) is 3.88. The summed E-state index contributed by atoms with van der Waals surface area (Å²) in [4.78, 5) is 27.3. The molecule has 0 aliphatic carbocycles. The quantitative estimate of drug-likeness (QED) is 0.452. The van der Waals surface area contributed by atoms with Crippen molar-refractivity contribution < 1.29 is 18.0 Å². The molecule has 1 aliphatic heterocycles. The van der Waals surface area contributed by atoms with Crippen LogP contribution in [-0.4, -0.2) is 45.0 Å². The van der Waals surface area contributed by atoms with Gasteiger partial charge in [0.15, 0.2) is 6.17 Å². The number of carbonyl (C=O) groups is 1. The summed E-state index contributed by atoms with van der Waals surface area (Å²) in [5, 5.41) is 14.5. The number of hydrogen-bond donors (Lipinski definition) is 2. The van der Waals surface area contributed by atoms with Gasteiger partial charge in [-0.3, -0.25) is 9.69 Å². The third kappa shape index (κ3) is 6.00. The summed E-state index contributed by atoms with van der Waals surface area (Å²) in [6, 6.07) is 11.8. The van der Waals surface area contributed by atoms with Crippen molar-refractivity contribution in [3.63, 3.8) is 0 Å². The number of nitrogens with one attached hydrogen (secondary N) is 2. The zero-order chi connectivity index (χ0) is 25.5. The number of alkyl halides is 3. The van der Waals surface area contributed by atoms with Gasteiger partial charge in [0.1, 0.15) is 24.0 Å². The van der Waals surface area contributed by atoms with E-state index in [-0.39, 0.29) is 30.1 Å². The lowest BCUT2D eigenvalue weighted by Crippen LogP contribution is -2.38. The Balaban J connectivity index is 1.38. The Bertz CT molecular complexity index is 1210. The molecular weight excluding hydrogens is 473 g/mol. The topological polar surface area (TPSA) is 108 Å². The molecule has 3 aromatic rings. The Morgan fingerprint density at radius 1 is 1.08 bits per heavy atom. The highest BCUT2D eigenvalue weighted by Crippen LogP contribution is 2.32. The highest BCUT2D eigenvalue weighted by atomic mass is 19.4. The zero-order valence-electron chi connectivity index (χ0n) is 19.5. The average Bonchev–Trinajstić information content (AvgIpc) is 3.29. The van der Waals surface area contributed by atoms with Gasteiger partial charge in [-0.1, -0.05) is 31.2 Å². The average molecular weight is 499 g/mol. The SMILES string of the molecule is CCCN1C(CNc2cccc(C(=O)NCc3ccccc3C(F)(F)F)n2)N=NC1c1ccncn1. The Morgan fingerprint density at radius 3 is 2.67 bits per heavy atom. The zero-order valence-corrected chi connectivity index (χ0v) is 19.5. The monoisotopic (exact) mass is 498 g/mol. The Kier molecular flexibility index (Phi) is 7.84. The number of benzene rings is 1. The molecule has 1 aliphatic rings. The number of nitrogens with zero attached hydrogens (tertiary/aromatic N) is 6. The number of halogens is 3. The van der Waals surface area contributed by atoms with Gasteiger partial charge < -0.3 is 10.6 Å². The molecule has 2 atom stereocenters. The first-order valence-electron chi connectivity index (χ1n) is 11.4. The molecule has 0 spiro atoms. The van der Waals surface area contributed by atoms with E-state index >= 15 is 0 Å². The standard InChI is InChI=1S/C24H25F3N8O/c1-2-12-35-21(33-34-22(35)18-10-11-28-15-31-18)14-29-20-9-5-8-19(32-20)23(36)30-13-16-6-3-4-7-17(16)24(25,26)27/h3-11,15,21-22H,2,12-14H2,1H3,(H,29,32)(H,30,36). The summed E-state index contributed by atoms with van der Waals surface area (Å²) >= 11 is 0. The number of hydrogen-bond acceptors (Lipinski definition) is 8. The Morgan fingerprint density at radius 2 is 1.92 bits per heavy atom. The molecular formula is C24H25F3N8O. The van der Waals surface area contributed by atoms with Gasteiger partial charge in [0.2, 0.25) is 0 Å². The van der Waals surface area contributed by atoms with Gasteiger partial charge in [0, 0.05) is 19.3 Å². The summed E-state index contributed by atoms with van der Waals surface area (Å²) in [5.41, 5.74) is 0.0418. The van der Waals surface area contributed by atoms with Gasteiger partial charge in [-0.15, -0.1) is 0 Å². The molecule has 12 heteroatoms. The van der Waals surface area contributed by atoms with Gasteiger partial charge in [0.25, 0.3) is 5.91 Å². The van der Waals surface area contributed by atoms with E-state index in [0.717, 1.165) is 24.7 Å². The van der Waals surface area contributed by atoms with Crippen LogP contribution < -0.4 is 10.6 Å². The van der Waals surface area contributed by atoms with E-state index in [1.807, 2.05) is 0 Å². The van der Waals surface area contributed by atoms with Crippen LogP contribution in [0.15, 0.2) is 71.3 Å². The number of carbonyl (C=O) groups excluding carboxylic acids is 1. The number of anilines is 1. The molecule has 188 valence electrons. The number of aromatic nitrogens is 3. The van der Waals surface area contributed by atoms with E-state index in [1.54, 1.807) is 24.4 Å². The number of azo groups is 1. The van der Waals surface area contributed by atoms with Crippen LogP contribution >= 0.6 is 0 Å². The van der Waals surface area contributed by atoms with E-state index < -0.39 is 17.6 Å². The largest absolute Gasteiger partial charge is 0.416 e. The van der Waals surface area contributed by atoms with Gasteiger partial charge in [0.05, 0.1) is 17.8 Å². The second-order valence-electron chi connectivity index (χ2n) is 8.08. The molecule has 3 heterocycles. The maximum absolute atomic E-state index is 13.2. The molecule has 0 saturated heterocycles. The van der Waals surface area contributed by atoms with E-state index in [1.165, 1.54) is 30.6 Å². The van der Waals surface area contributed by atoms with Gasteiger partial charge in [-0.2, -0.15) is 23.4 Å². The van der Waals surface area contributed by atoms with E-state index in [0.29, 0.717) is 12.4 Å². The van der Waals surface area contributed by atoms with Crippen LogP contribution in [0.4, 0.5) is 19.0 Å². The summed E-state index contributed by atoms with van der Waals surface area (Å²) in [6.07, 6.45) is -1.03. The molecule has 0 bridgehead atoms. The Hall–Kier alpha value is -3.93. The normalized spacial score (nSPS) is 17.8. The third-order valence-corrected chi connectivity index (χ3v) is 5.57. The van der Waals surface area contributed by atoms with Crippen LogP contribution in [0, 0.1) is 0 Å². The maximum atomic E-state index is 13.2. The third-order valence-electron chi connectivity index (χ3n) is 5.57. The first-order chi connectivity index (χ1) is 17.4. The lowest BCUT2D eigenvalue weighted by Gasteiger charge is -2.26. The van der Waals surface area contributed by atoms with Gasteiger partial charge >= 0.3 is 6.18 Å². The second-order valence-corrected chi connectivity index (χ2v) is 8.08. The van der Waals surface area contributed by atoms with E-state index in [2.05, 4.69) is 47.6 Å². The van der Waals surface area contributed by atoms with Crippen molar-refractivity contribution in [1.82, 2.24) is 25.2 Å². The van der Waals surface area contributed by atoms with Crippen molar-refractivity contribution in [1.29, 1.82) is 0 Å². The fourth-order valence-corrected chi connectivity index (χ4v) is 3.88. The first-order valence-corrected chi connectivity index (χ1v) is 11.4. The predicted molar refractivity (Wildman–Crippen MR) is 126 cm³/mol. The molecule has 2 aromatic heterocycles. The molecule has 0 fully saturated rings. The van der Waals surface area contributed by atoms with Crippen molar-refractivity contribution in [2.75, 3.05) is 18.4 Å². The smallest absolute Gasteiger partial charge is 0.366 e. The van der Waals surface area contributed by atoms with Gasteiger partial charge in [-0.05, 0) is 36.2 Å². The van der Waals surface area contributed by atoms with Crippen LogP contribution in [0.25, 0.3) is 0 Å². The van der Waals surface area contributed by atoms with Gasteiger partial charge in [-0.25, -0.2) is 15.0 Å². The minimum Gasteiger partial charge on any atom is -0.366 e. The van der Waals surface area contributed by atoms with E-state index in [9.17, 15) is 18.0 Å². The van der Waals surface area contributed by atoms with Crippen molar-refractivity contribution >= 4 is 11.7 Å². The maximum Gasteiger partial charge on any atom is 0.416 e. The van der Waals surface area contributed by atoms with Crippen LogP contribution in [0.2, 0.25) is 0 Å². The van der Waals surface area contributed by atoms with Crippen molar-refractivity contribution in [2.45, 2.75) is 38.4 Å². The summed E-state index contributed by atoms with van der Waals surface area (Å²) < 4.78 is 39.6. The van der Waals surface area contributed by atoms with E-state index in [4.69, 9.17) is 0 Å². The lowest BCUT2D eigenvalue weighted by atomic mass is 10.1. The van der Waals surface area contributed by atoms with Crippen LogP contribution in [-0.2, 0) is 12.7 Å². The lowest BCUT2D eigenvalue weighted by molar-refractivity contribution is -0.138. The van der Waals surface area contributed by atoms with Crippen molar-refractivity contribution in [3.8, 4) is 0 Å². The van der Waals surface area contributed by atoms with Crippen molar-refractivity contribution in [2.24, 2.45) is 10.2 Å². The fraction of sp³-hybridized carbons (Fsp3) is 0.333. The minimum atomic E-state index is -4.50. The van der Waals surface area contributed by atoms with Crippen LogP contribution in [0.5, 0.6) is 0 Å². The molecule has 0 saturated carbocycles. The summed E-state index contributed by atoms with van der Waals surface area (Å²) in [6.45, 7) is 2.94. The summed E-state index contributed by atoms with van der Waals surface area (Å²) in [7, 11) is 0. The molecule has 4 rings (SSSR count). The molecule has 0 radical (unpaired) electrons. The highest BCUT2D eigenvalue weighted by Gasteiger charge is 2.34. The predicted octanol–water partition coefficient (Wildman–Crippen LogP) is 4.44.